The first-order chi connectivity index (χ1) is 11.4. The molecule has 2 aromatic heterocycles. The summed E-state index contributed by atoms with van der Waals surface area (Å²) in [6.45, 7) is 0. The molecule has 3 aromatic rings. The number of aromatic nitrogens is 2. The van der Waals surface area contributed by atoms with E-state index in [1.165, 1.54) is 42.7 Å². The van der Waals surface area contributed by atoms with Gasteiger partial charge in [-0.05, 0) is 48.0 Å². The van der Waals surface area contributed by atoms with Crippen LogP contribution in [0.3, 0.4) is 0 Å². The highest BCUT2D eigenvalue weighted by Crippen LogP contribution is 2.23. The Morgan fingerprint density at radius 3 is 2.58 bits per heavy atom. The maximum Gasteiger partial charge on any atom is 0.328 e. The molecule has 0 fully saturated rings. The Morgan fingerprint density at radius 1 is 1.21 bits per heavy atom. The lowest BCUT2D eigenvalue weighted by molar-refractivity contribution is -0.131. The summed E-state index contributed by atoms with van der Waals surface area (Å²) in [5.41, 5.74) is 0.823. The first-order valence-electron chi connectivity index (χ1n) is 6.77. The number of carbonyl (C=O) groups is 1. The molecule has 2 heterocycles. The molecule has 0 aliphatic rings. The highest BCUT2D eigenvalue weighted by Gasteiger charge is 2.19. The molecule has 8 heteroatoms. The van der Waals surface area contributed by atoms with Crippen LogP contribution < -0.4 is 0 Å². The van der Waals surface area contributed by atoms with Crippen LogP contribution in [0.25, 0.3) is 17.1 Å². The molecular formula is C16H11ClN2O4S. The molecule has 6 nitrogen and oxygen atoms in total. The molecule has 122 valence electrons. The Balaban J connectivity index is 2.07. The lowest BCUT2D eigenvalue weighted by Gasteiger charge is -2.07. The number of hydrogen-bond donors (Lipinski definition) is 1. The second kappa shape index (κ2) is 6.10. The maximum atomic E-state index is 12.7. The molecule has 3 rings (SSSR count). The van der Waals surface area contributed by atoms with E-state index < -0.39 is 16.0 Å². The van der Waals surface area contributed by atoms with Gasteiger partial charge in [-0.1, -0.05) is 11.6 Å². The molecule has 0 amide bonds. The number of halogens is 1. The quantitative estimate of drug-likeness (QED) is 0.720. The first-order valence-corrected chi connectivity index (χ1v) is 8.59. The van der Waals surface area contributed by atoms with Gasteiger partial charge in [0, 0.05) is 28.9 Å². The molecule has 0 spiro atoms. The zero-order chi connectivity index (χ0) is 17.3. The lowest BCUT2D eigenvalue weighted by atomic mass is 10.2. The number of hydrogen-bond acceptors (Lipinski definition) is 4. The van der Waals surface area contributed by atoms with Gasteiger partial charge in [-0.3, -0.25) is 0 Å². The number of nitrogens with zero attached hydrogens (tertiary/aromatic N) is 2. The largest absolute Gasteiger partial charge is 0.478 e. The fourth-order valence-electron chi connectivity index (χ4n) is 2.19. The Hall–Kier alpha value is -2.64. The molecule has 1 N–H and O–H groups in total. The summed E-state index contributed by atoms with van der Waals surface area (Å²) < 4.78 is 26.5. The zero-order valence-corrected chi connectivity index (χ0v) is 13.7. The SMILES string of the molecule is O=C(O)C=Cc1cnc2c(ccn2S(=O)(=O)c2ccc(Cl)cc2)c1. The molecule has 0 bridgehead atoms. The van der Waals surface area contributed by atoms with Crippen molar-refractivity contribution in [2.45, 2.75) is 4.90 Å². The van der Waals surface area contributed by atoms with E-state index in [-0.39, 0.29) is 10.5 Å². The lowest BCUT2D eigenvalue weighted by Crippen LogP contribution is -2.12. The minimum atomic E-state index is -3.79. The maximum absolute atomic E-state index is 12.7. The monoisotopic (exact) mass is 362 g/mol. The molecule has 0 aliphatic carbocycles. The third-order valence-electron chi connectivity index (χ3n) is 3.30. The Bertz CT molecular complexity index is 1050. The van der Waals surface area contributed by atoms with Crippen LogP contribution in [0.15, 0.2) is 59.8 Å². The highest BCUT2D eigenvalue weighted by atomic mass is 35.5. The van der Waals surface area contributed by atoms with E-state index >= 15 is 0 Å². The van der Waals surface area contributed by atoms with Gasteiger partial charge in [0.25, 0.3) is 10.0 Å². The second-order valence-electron chi connectivity index (χ2n) is 4.92. The van der Waals surface area contributed by atoms with Crippen molar-refractivity contribution in [1.29, 1.82) is 0 Å². The van der Waals surface area contributed by atoms with Gasteiger partial charge in [0.05, 0.1) is 4.90 Å². The fraction of sp³-hybridized carbons (Fsp3) is 0. The van der Waals surface area contributed by atoms with Gasteiger partial charge in [0.15, 0.2) is 5.65 Å². The fourth-order valence-corrected chi connectivity index (χ4v) is 3.62. The standard InChI is InChI=1S/C16H11ClN2O4S/c17-13-2-4-14(5-3-13)24(22,23)19-8-7-12-9-11(1-6-15(20)21)10-18-16(12)19/h1-10H,(H,20,21). The predicted octanol–water partition coefficient (Wildman–Crippen LogP) is 3.02. The normalized spacial score (nSPS) is 12.0. The van der Waals surface area contributed by atoms with E-state index in [0.29, 0.717) is 16.0 Å². The number of aliphatic carboxylic acids is 1. The summed E-state index contributed by atoms with van der Waals surface area (Å²) in [6.07, 6.45) is 5.20. The van der Waals surface area contributed by atoms with Gasteiger partial charge in [0.1, 0.15) is 0 Å². The van der Waals surface area contributed by atoms with E-state index in [0.717, 1.165) is 10.0 Å². The van der Waals surface area contributed by atoms with E-state index in [1.54, 1.807) is 12.1 Å². The first kappa shape index (κ1) is 16.2. The van der Waals surface area contributed by atoms with Crippen LogP contribution >= 0.6 is 11.6 Å². The van der Waals surface area contributed by atoms with Crippen molar-refractivity contribution in [2.24, 2.45) is 0 Å². The van der Waals surface area contributed by atoms with Crippen LogP contribution in [-0.4, -0.2) is 28.5 Å². The van der Waals surface area contributed by atoms with Crippen LogP contribution in [0.5, 0.6) is 0 Å². The van der Waals surface area contributed by atoms with Crippen LogP contribution in [0.1, 0.15) is 5.56 Å². The topological polar surface area (TPSA) is 89.3 Å². The van der Waals surface area contributed by atoms with Crippen molar-refractivity contribution >= 4 is 44.7 Å². The van der Waals surface area contributed by atoms with E-state index in [1.807, 2.05) is 0 Å². The Morgan fingerprint density at radius 2 is 1.92 bits per heavy atom. The number of rotatable bonds is 4. The molecule has 0 atom stereocenters. The van der Waals surface area contributed by atoms with E-state index in [2.05, 4.69) is 4.98 Å². The van der Waals surface area contributed by atoms with Crippen LogP contribution in [0, 0.1) is 0 Å². The van der Waals surface area contributed by atoms with Crippen molar-refractivity contribution in [3.8, 4) is 0 Å². The Labute approximate surface area is 142 Å². The molecule has 0 radical (unpaired) electrons. The summed E-state index contributed by atoms with van der Waals surface area (Å²) in [7, 11) is -3.79. The minimum absolute atomic E-state index is 0.0982. The van der Waals surface area contributed by atoms with E-state index in [4.69, 9.17) is 16.7 Å². The van der Waals surface area contributed by atoms with Crippen LogP contribution in [-0.2, 0) is 14.8 Å². The molecule has 0 saturated carbocycles. The van der Waals surface area contributed by atoms with Gasteiger partial charge in [-0.2, -0.15) is 0 Å². The average molecular weight is 363 g/mol. The summed E-state index contributed by atoms with van der Waals surface area (Å²) in [4.78, 5) is 14.8. The third kappa shape index (κ3) is 3.04. The molecule has 0 aliphatic heterocycles. The molecule has 24 heavy (non-hydrogen) atoms. The minimum Gasteiger partial charge on any atom is -0.478 e. The number of fused-ring (bicyclic) bond motifs is 1. The number of pyridine rings is 1. The van der Waals surface area contributed by atoms with Gasteiger partial charge >= 0.3 is 5.97 Å². The Kier molecular flexibility index (Phi) is 4.13. The molecule has 1 aromatic carbocycles. The van der Waals surface area contributed by atoms with Gasteiger partial charge in [0.2, 0.25) is 0 Å². The molecular weight excluding hydrogens is 352 g/mol. The number of benzene rings is 1. The van der Waals surface area contributed by atoms with Crippen molar-refractivity contribution in [1.82, 2.24) is 8.96 Å². The van der Waals surface area contributed by atoms with Crippen LogP contribution in [0.4, 0.5) is 0 Å². The van der Waals surface area contributed by atoms with E-state index in [9.17, 15) is 13.2 Å². The number of carboxylic acid groups (broad SMARTS) is 1. The number of carboxylic acids is 1. The predicted molar refractivity (Wildman–Crippen MR) is 90.4 cm³/mol. The smallest absolute Gasteiger partial charge is 0.328 e. The summed E-state index contributed by atoms with van der Waals surface area (Å²) in [5, 5.41) is 9.67. The second-order valence-corrected chi connectivity index (χ2v) is 7.17. The summed E-state index contributed by atoms with van der Waals surface area (Å²) >= 11 is 5.79. The molecule has 0 unspecified atom stereocenters. The third-order valence-corrected chi connectivity index (χ3v) is 5.24. The highest BCUT2D eigenvalue weighted by molar-refractivity contribution is 7.90. The van der Waals surface area contributed by atoms with Crippen LogP contribution in [0.2, 0.25) is 5.02 Å². The average Bonchev–Trinajstić information content (AvgIpc) is 2.97. The molecule has 0 saturated heterocycles. The van der Waals surface area contributed by atoms with Gasteiger partial charge in [-0.25, -0.2) is 22.2 Å². The van der Waals surface area contributed by atoms with Crippen molar-refractivity contribution in [3.05, 3.63) is 65.5 Å². The van der Waals surface area contributed by atoms with Crippen molar-refractivity contribution in [2.75, 3.05) is 0 Å². The van der Waals surface area contributed by atoms with Crippen molar-refractivity contribution in [3.63, 3.8) is 0 Å². The van der Waals surface area contributed by atoms with Crippen molar-refractivity contribution < 1.29 is 18.3 Å². The zero-order valence-electron chi connectivity index (χ0n) is 12.1. The summed E-state index contributed by atoms with van der Waals surface area (Å²) in [5.74, 6) is -1.07. The van der Waals surface area contributed by atoms with Gasteiger partial charge < -0.3 is 5.11 Å². The van der Waals surface area contributed by atoms with Gasteiger partial charge in [-0.15, -0.1) is 0 Å². The summed E-state index contributed by atoms with van der Waals surface area (Å²) in [6, 6.07) is 9.12.